The number of aliphatic hydroxyl groups excluding tert-OH is 1. The number of unbranched alkanes of at least 4 members (excludes halogenated alkanes) is 14. The summed E-state index contributed by atoms with van der Waals surface area (Å²) in [6.45, 7) is 1.96. The topological polar surface area (TPSA) is 119 Å². The van der Waals surface area contributed by atoms with E-state index in [1.807, 2.05) is 0 Å². The molecule has 8 nitrogen and oxygen atoms in total. The molecule has 222 valence electrons. The van der Waals surface area contributed by atoms with Crippen molar-refractivity contribution >= 4 is 40.8 Å². The van der Waals surface area contributed by atoms with Crippen LogP contribution < -0.4 is 5.32 Å². The number of hydrogen-bond donors (Lipinski definition) is 2. The zero-order valence-corrected chi connectivity index (χ0v) is 24.8. The van der Waals surface area contributed by atoms with Crippen LogP contribution in [0.3, 0.4) is 0 Å². The highest BCUT2D eigenvalue weighted by molar-refractivity contribution is 6.53. The fourth-order valence-corrected chi connectivity index (χ4v) is 4.50. The van der Waals surface area contributed by atoms with Crippen LogP contribution in [0.15, 0.2) is 24.3 Å². The monoisotopic (exact) mass is 588 g/mol. The predicted octanol–water partition coefficient (Wildman–Crippen LogP) is 7.72. The number of nitrogens with one attached hydrogen (secondary N) is 1. The van der Waals surface area contributed by atoms with Crippen LogP contribution in [0.5, 0.6) is 0 Å². The summed E-state index contributed by atoms with van der Waals surface area (Å²) < 4.78 is 5.30. The van der Waals surface area contributed by atoms with Gasteiger partial charge in [-0.25, -0.2) is 0 Å². The minimum Gasteiger partial charge on any atom is -0.463 e. The van der Waals surface area contributed by atoms with Gasteiger partial charge in [-0.1, -0.05) is 120 Å². The van der Waals surface area contributed by atoms with E-state index in [-0.39, 0.29) is 18.7 Å². The van der Waals surface area contributed by atoms with Crippen molar-refractivity contribution in [2.24, 2.45) is 0 Å². The number of nitro benzene ring substituents is 1. The van der Waals surface area contributed by atoms with Gasteiger partial charge >= 0.3 is 5.97 Å². The average Bonchev–Trinajstić information content (AvgIpc) is 2.92. The predicted molar refractivity (Wildman–Crippen MR) is 156 cm³/mol. The van der Waals surface area contributed by atoms with Crippen molar-refractivity contribution in [1.29, 1.82) is 0 Å². The third kappa shape index (κ3) is 16.7. The van der Waals surface area contributed by atoms with E-state index in [0.29, 0.717) is 12.0 Å². The molecular weight excluding hydrogens is 543 g/mol. The van der Waals surface area contributed by atoms with Crippen molar-refractivity contribution in [2.75, 3.05) is 6.61 Å². The fourth-order valence-electron chi connectivity index (χ4n) is 4.38. The van der Waals surface area contributed by atoms with Gasteiger partial charge in [0, 0.05) is 18.6 Å². The largest absolute Gasteiger partial charge is 0.463 e. The minimum absolute atomic E-state index is 0.136. The van der Waals surface area contributed by atoms with Crippen LogP contribution >= 0.6 is 23.2 Å². The van der Waals surface area contributed by atoms with E-state index < -0.39 is 33.8 Å². The number of hydrogen-bond acceptors (Lipinski definition) is 6. The Morgan fingerprint density at radius 2 is 1.33 bits per heavy atom. The number of non-ortho nitro benzene ring substituents is 1. The number of ether oxygens (including phenoxy) is 1. The molecule has 0 saturated carbocycles. The quantitative estimate of drug-likeness (QED) is 0.0444. The van der Waals surface area contributed by atoms with Crippen molar-refractivity contribution in [3.63, 3.8) is 0 Å². The van der Waals surface area contributed by atoms with Crippen LogP contribution in [0.2, 0.25) is 0 Å². The maximum Gasteiger partial charge on any atom is 0.305 e. The molecule has 10 heteroatoms. The average molecular weight is 590 g/mol. The van der Waals surface area contributed by atoms with Gasteiger partial charge in [-0.3, -0.25) is 19.7 Å². The number of halogens is 2. The first-order chi connectivity index (χ1) is 18.8. The summed E-state index contributed by atoms with van der Waals surface area (Å²) in [6.07, 6.45) is 17.5. The first-order valence-corrected chi connectivity index (χ1v) is 15.3. The van der Waals surface area contributed by atoms with Gasteiger partial charge in [0.25, 0.3) is 11.6 Å². The standard InChI is InChI=1S/C29H46Cl2N2O6/c1-2-3-4-5-6-7-8-9-10-11-12-13-14-15-16-17-26(34)39-22-25(32-29(36)28(30)31)27(35)23-18-20-24(21-19-23)33(37)38/h18-21,25,27-28,35H,2-17,22H2,1H3,(H,32,36)/t25-,27-/m1/s1. The molecule has 0 fully saturated rings. The molecule has 2 N–H and O–H groups in total. The Balaban J connectivity index is 2.24. The summed E-state index contributed by atoms with van der Waals surface area (Å²) in [4.78, 5) is 33.2. The summed E-state index contributed by atoms with van der Waals surface area (Å²) >= 11 is 11.2. The number of aliphatic hydroxyl groups is 1. The highest BCUT2D eigenvalue weighted by Gasteiger charge is 2.27. The van der Waals surface area contributed by atoms with Crippen LogP contribution in [-0.2, 0) is 14.3 Å². The normalized spacial score (nSPS) is 12.7. The Labute approximate surface area is 243 Å². The third-order valence-corrected chi connectivity index (χ3v) is 7.16. The molecule has 0 saturated heterocycles. The van der Waals surface area contributed by atoms with Crippen LogP contribution in [0.1, 0.15) is 121 Å². The van der Waals surface area contributed by atoms with Gasteiger partial charge in [-0.15, -0.1) is 0 Å². The van der Waals surface area contributed by atoms with Crippen molar-refractivity contribution in [3.8, 4) is 0 Å². The van der Waals surface area contributed by atoms with Crippen LogP contribution in [-0.4, -0.2) is 39.4 Å². The molecule has 1 aromatic carbocycles. The Bertz CT molecular complexity index is 823. The summed E-state index contributed by atoms with van der Waals surface area (Å²) in [7, 11) is 0. The minimum atomic E-state index is -1.37. The fraction of sp³-hybridized carbons (Fsp3) is 0.724. The molecule has 0 heterocycles. The molecule has 1 amide bonds. The van der Waals surface area contributed by atoms with E-state index in [1.165, 1.54) is 101 Å². The second-order valence-electron chi connectivity index (χ2n) is 10.1. The lowest BCUT2D eigenvalue weighted by Gasteiger charge is -2.24. The van der Waals surface area contributed by atoms with Crippen molar-refractivity contribution < 1.29 is 24.4 Å². The van der Waals surface area contributed by atoms with Gasteiger partial charge in [0.15, 0.2) is 4.84 Å². The highest BCUT2D eigenvalue weighted by atomic mass is 35.5. The molecule has 0 bridgehead atoms. The molecule has 0 aromatic heterocycles. The molecule has 39 heavy (non-hydrogen) atoms. The number of benzene rings is 1. The Morgan fingerprint density at radius 1 is 0.872 bits per heavy atom. The van der Waals surface area contributed by atoms with Crippen molar-refractivity contribution in [3.05, 3.63) is 39.9 Å². The number of carbonyl (C=O) groups is 2. The molecule has 0 aliphatic carbocycles. The number of amides is 1. The van der Waals surface area contributed by atoms with E-state index in [2.05, 4.69) is 12.2 Å². The number of nitrogens with zero attached hydrogens (tertiary/aromatic N) is 1. The van der Waals surface area contributed by atoms with Gasteiger partial charge < -0.3 is 15.2 Å². The molecule has 0 unspecified atom stereocenters. The summed E-state index contributed by atoms with van der Waals surface area (Å²) in [5.41, 5.74) is 0.174. The van der Waals surface area contributed by atoms with Gasteiger partial charge in [0.2, 0.25) is 0 Å². The van der Waals surface area contributed by atoms with Crippen LogP contribution in [0, 0.1) is 10.1 Å². The molecule has 0 spiro atoms. The van der Waals surface area contributed by atoms with Gasteiger partial charge in [0.05, 0.1) is 11.0 Å². The molecular formula is C29H46Cl2N2O6. The lowest BCUT2D eigenvalue weighted by Crippen LogP contribution is -2.45. The van der Waals surface area contributed by atoms with E-state index in [4.69, 9.17) is 27.9 Å². The van der Waals surface area contributed by atoms with E-state index in [1.54, 1.807) is 0 Å². The number of rotatable bonds is 23. The third-order valence-electron chi connectivity index (χ3n) is 6.76. The summed E-state index contributed by atoms with van der Waals surface area (Å²) in [6, 6.07) is 4.21. The van der Waals surface area contributed by atoms with Crippen molar-refractivity contribution in [2.45, 2.75) is 127 Å². The first-order valence-electron chi connectivity index (χ1n) is 14.4. The van der Waals surface area contributed by atoms with Gasteiger partial charge in [-0.05, 0) is 24.1 Å². The molecule has 2 atom stereocenters. The molecule has 1 rings (SSSR count). The number of alkyl halides is 2. The lowest BCUT2D eigenvalue weighted by atomic mass is 10.0. The van der Waals surface area contributed by atoms with Crippen LogP contribution in [0.25, 0.3) is 0 Å². The van der Waals surface area contributed by atoms with Crippen LogP contribution in [0.4, 0.5) is 5.69 Å². The lowest BCUT2D eigenvalue weighted by molar-refractivity contribution is -0.384. The smallest absolute Gasteiger partial charge is 0.305 e. The maximum absolute atomic E-state index is 12.2. The number of carbonyl (C=O) groups excluding carboxylic acids is 2. The van der Waals surface area contributed by atoms with Gasteiger partial charge in [0.1, 0.15) is 12.7 Å². The van der Waals surface area contributed by atoms with E-state index in [0.717, 1.165) is 12.8 Å². The second kappa shape index (κ2) is 21.9. The zero-order chi connectivity index (χ0) is 28.9. The second-order valence-corrected chi connectivity index (χ2v) is 11.2. The zero-order valence-electron chi connectivity index (χ0n) is 23.3. The van der Waals surface area contributed by atoms with Gasteiger partial charge in [-0.2, -0.15) is 0 Å². The summed E-state index contributed by atoms with van der Waals surface area (Å²) in [5, 5.41) is 24.0. The Morgan fingerprint density at radius 3 is 1.77 bits per heavy atom. The molecule has 1 aromatic rings. The molecule has 0 aliphatic heterocycles. The Hall–Kier alpha value is -1.90. The molecule has 0 radical (unpaired) electrons. The van der Waals surface area contributed by atoms with Crippen molar-refractivity contribution in [1.82, 2.24) is 5.32 Å². The first kappa shape index (κ1) is 35.1. The maximum atomic E-state index is 12.2. The summed E-state index contributed by atoms with van der Waals surface area (Å²) in [5.74, 6) is -1.17. The SMILES string of the molecule is CCCCCCCCCCCCCCCCCC(=O)OC[C@@H](NC(=O)C(Cl)Cl)[C@H](O)c1ccc([N+](=O)[O-])cc1. The Kier molecular flexibility index (Phi) is 19.7. The van der Waals surface area contributed by atoms with E-state index in [9.17, 15) is 24.8 Å². The molecule has 0 aliphatic rings. The van der Waals surface area contributed by atoms with E-state index >= 15 is 0 Å². The highest BCUT2D eigenvalue weighted by Crippen LogP contribution is 2.22. The number of esters is 1. The number of nitro groups is 1.